The molecule has 2 fully saturated rings. The lowest BCUT2D eigenvalue weighted by Gasteiger charge is -2.43. The second-order valence-corrected chi connectivity index (χ2v) is 6.56. The first-order valence-corrected chi connectivity index (χ1v) is 6.48. The largest absolute Gasteiger partial charge is 0.306 e. The molecule has 2 saturated carbocycles. The van der Waals surface area contributed by atoms with E-state index in [1.54, 1.807) is 0 Å². The van der Waals surface area contributed by atoms with E-state index in [0.29, 0.717) is 23.4 Å². The average molecular weight is 235 g/mol. The highest BCUT2D eigenvalue weighted by Crippen LogP contribution is 2.62. The molecule has 0 radical (unpaired) electrons. The third kappa shape index (κ3) is 1.59. The summed E-state index contributed by atoms with van der Waals surface area (Å²) in [5.74, 6) is 1.63. The van der Waals surface area contributed by atoms with Crippen LogP contribution in [0.2, 0.25) is 0 Å². The lowest BCUT2D eigenvalue weighted by molar-refractivity contribution is 0.107. The molecule has 0 aliphatic heterocycles. The normalized spacial score (nSPS) is 38.8. The molecule has 3 rings (SSSR count). The van der Waals surface area contributed by atoms with E-state index in [1.165, 1.54) is 19.3 Å². The third-order valence-corrected chi connectivity index (χ3v) is 5.12. The van der Waals surface area contributed by atoms with E-state index in [0.717, 1.165) is 11.7 Å². The lowest BCUT2D eigenvalue weighted by atomic mass is 9.68. The standard InChI is InChI=1S/C12H21N5/c1-11(2)8-4-5-12(3,6-8)10(11)13-7-9-14-16-17-15-9/h8,10,13H,4-7H2,1-3H3,(H,14,15,16,17)/t8-,10?,12+/m0/s1. The molecule has 5 nitrogen and oxygen atoms in total. The topological polar surface area (TPSA) is 66.5 Å². The van der Waals surface area contributed by atoms with Gasteiger partial charge in [-0.2, -0.15) is 5.21 Å². The number of fused-ring (bicyclic) bond motifs is 2. The van der Waals surface area contributed by atoms with Crippen molar-refractivity contribution < 1.29 is 0 Å². The van der Waals surface area contributed by atoms with Crippen molar-refractivity contribution in [1.29, 1.82) is 0 Å². The molecular weight excluding hydrogens is 214 g/mol. The second-order valence-electron chi connectivity index (χ2n) is 6.56. The molecule has 2 N–H and O–H groups in total. The average Bonchev–Trinajstić information content (AvgIpc) is 2.90. The van der Waals surface area contributed by atoms with Crippen molar-refractivity contribution in [2.24, 2.45) is 16.7 Å². The van der Waals surface area contributed by atoms with E-state index >= 15 is 0 Å². The van der Waals surface area contributed by atoms with Crippen molar-refractivity contribution in [2.75, 3.05) is 0 Å². The fourth-order valence-corrected chi connectivity index (χ4v) is 4.26. The lowest BCUT2D eigenvalue weighted by Crippen LogP contribution is -2.50. The van der Waals surface area contributed by atoms with Gasteiger partial charge in [0.05, 0.1) is 6.54 Å². The van der Waals surface area contributed by atoms with Gasteiger partial charge < -0.3 is 5.32 Å². The van der Waals surface area contributed by atoms with E-state index in [1.807, 2.05) is 0 Å². The molecule has 2 aliphatic rings. The summed E-state index contributed by atoms with van der Waals surface area (Å²) in [5, 5.41) is 17.8. The number of tetrazole rings is 1. The first-order chi connectivity index (χ1) is 8.02. The molecule has 0 amide bonds. The number of rotatable bonds is 3. The van der Waals surface area contributed by atoms with Gasteiger partial charge in [0, 0.05) is 6.04 Å². The van der Waals surface area contributed by atoms with Crippen LogP contribution < -0.4 is 5.32 Å². The molecule has 17 heavy (non-hydrogen) atoms. The highest BCUT2D eigenvalue weighted by Gasteiger charge is 2.58. The molecule has 0 spiro atoms. The molecule has 0 aromatic carbocycles. The highest BCUT2D eigenvalue weighted by molar-refractivity contribution is 5.12. The number of hydrogen-bond acceptors (Lipinski definition) is 4. The Bertz CT molecular complexity index is 394. The maximum Gasteiger partial charge on any atom is 0.188 e. The minimum Gasteiger partial charge on any atom is -0.306 e. The molecule has 5 heteroatoms. The molecule has 3 atom stereocenters. The van der Waals surface area contributed by atoms with Crippen LogP contribution in [0.4, 0.5) is 0 Å². The smallest absolute Gasteiger partial charge is 0.188 e. The van der Waals surface area contributed by atoms with Crippen LogP contribution in [0, 0.1) is 16.7 Å². The molecule has 1 unspecified atom stereocenters. The minimum atomic E-state index is 0.386. The predicted molar refractivity (Wildman–Crippen MR) is 64.0 cm³/mol. The summed E-state index contributed by atoms with van der Waals surface area (Å²) in [6.45, 7) is 7.94. The highest BCUT2D eigenvalue weighted by atomic mass is 15.5. The third-order valence-electron chi connectivity index (χ3n) is 5.12. The Morgan fingerprint density at radius 1 is 1.41 bits per heavy atom. The number of nitrogens with zero attached hydrogens (tertiary/aromatic N) is 3. The van der Waals surface area contributed by atoms with Gasteiger partial charge >= 0.3 is 0 Å². The van der Waals surface area contributed by atoms with Crippen molar-refractivity contribution in [1.82, 2.24) is 25.9 Å². The molecular formula is C12H21N5. The number of aromatic amines is 1. The van der Waals surface area contributed by atoms with Crippen molar-refractivity contribution in [2.45, 2.75) is 52.6 Å². The van der Waals surface area contributed by atoms with Crippen molar-refractivity contribution >= 4 is 0 Å². The maximum atomic E-state index is 4.00. The number of nitrogens with one attached hydrogen (secondary N) is 2. The van der Waals surface area contributed by atoms with Gasteiger partial charge in [-0.3, -0.25) is 0 Å². The van der Waals surface area contributed by atoms with Gasteiger partial charge in [-0.15, -0.1) is 10.2 Å². The van der Waals surface area contributed by atoms with Crippen LogP contribution in [-0.4, -0.2) is 26.7 Å². The summed E-state index contributed by atoms with van der Waals surface area (Å²) in [5.41, 5.74) is 0.842. The molecule has 0 saturated heterocycles. The Labute approximate surface area is 102 Å². The molecule has 1 heterocycles. The molecule has 94 valence electrons. The van der Waals surface area contributed by atoms with Gasteiger partial charge in [0.25, 0.3) is 0 Å². The molecule has 2 bridgehead atoms. The van der Waals surface area contributed by atoms with Crippen LogP contribution >= 0.6 is 0 Å². The zero-order valence-electron chi connectivity index (χ0n) is 10.8. The Balaban J connectivity index is 1.74. The number of hydrogen-bond donors (Lipinski definition) is 2. The fourth-order valence-electron chi connectivity index (χ4n) is 4.26. The number of aromatic nitrogens is 4. The van der Waals surface area contributed by atoms with Crippen molar-refractivity contribution in [3.8, 4) is 0 Å². The zero-order valence-corrected chi connectivity index (χ0v) is 10.8. The molecule has 1 aromatic rings. The van der Waals surface area contributed by atoms with Gasteiger partial charge in [-0.25, -0.2) is 0 Å². The summed E-state index contributed by atoms with van der Waals surface area (Å²) in [7, 11) is 0. The Kier molecular flexibility index (Phi) is 2.30. The maximum absolute atomic E-state index is 4.00. The van der Waals surface area contributed by atoms with Crippen LogP contribution in [0.3, 0.4) is 0 Å². The van der Waals surface area contributed by atoms with Gasteiger partial charge in [-0.1, -0.05) is 26.0 Å². The second kappa shape index (κ2) is 3.51. The zero-order chi connectivity index (χ0) is 12.1. The monoisotopic (exact) mass is 235 g/mol. The van der Waals surface area contributed by atoms with Crippen molar-refractivity contribution in [3.05, 3.63) is 5.82 Å². The Morgan fingerprint density at radius 2 is 2.24 bits per heavy atom. The Hall–Kier alpha value is -0.970. The van der Waals surface area contributed by atoms with E-state index in [4.69, 9.17) is 0 Å². The quantitative estimate of drug-likeness (QED) is 0.833. The van der Waals surface area contributed by atoms with Crippen LogP contribution in [0.1, 0.15) is 45.9 Å². The van der Waals surface area contributed by atoms with Gasteiger partial charge in [0.15, 0.2) is 5.82 Å². The van der Waals surface area contributed by atoms with E-state index in [2.05, 4.69) is 46.7 Å². The summed E-state index contributed by atoms with van der Waals surface area (Å²) in [4.78, 5) is 0. The van der Waals surface area contributed by atoms with Crippen LogP contribution in [-0.2, 0) is 6.54 Å². The predicted octanol–water partition coefficient (Wildman–Crippen LogP) is 1.50. The van der Waals surface area contributed by atoms with Crippen LogP contribution in [0.25, 0.3) is 0 Å². The van der Waals surface area contributed by atoms with E-state index in [9.17, 15) is 0 Å². The summed E-state index contributed by atoms with van der Waals surface area (Å²) < 4.78 is 0. The van der Waals surface area contributed by atoms with Gasteiger partial charge in [0.1, 0.15) is 0 Å². The van der Waals surface area contributed by atoms with E-state index in [-0.39, 0.29) is 0 Å². The summed E-state index contributed by atoms with van der Waals surface area (Å²) in [6, 6.07) is 0.562. The van der Waals surface area contributed by atoms with Crippen LogP contribution in [0.15, 0.2) is 0 Å². The van der Waals surface area contributed by atoms with Gasteiger partial charge in [0.2, 0.25) is 0 Å². The summed E-state index contributed by atoms with van der Waals surface area (Å²) in [6.07, 6.45) is 4.11. The molecule has 1 aromatic heterocycles. The summed E-state index contributed by atoms with van der Waals surface area (Å²) >= 11 is 0. The van der Waals surface area contributed by atoms with E-state index < -0.39 is 0 Å². The molecule has 2 aliphatic carbocycles. The fraction of sp³-hybridized carbons (Fsp3) is 0.917. The van der Waals surface area contributed by atoms with Crippen LogP contribution in [0.5, 0.6) is 0 Å². The minimum absolute atomic E-state index is 0.386. The first kappa shape index (κ1) is 11.1. The first-order valence-electron chi connectivity index (χ1n) is 6.48. The van der Waals surface area contributed by atoms with Gasteiger partial charge in [-0.05, 0) is 36.0 Å². The number of H-pyrrole nitrogens is 1. The Morgan fingerprint density at radius 3 is 2.82 bits per heavy atom. The SMILES string of the molecule is CC1(C)C(NCc2nn[nH]n2)[C@]2(C)CC[C@H]1C2. The van der Waals surface area contributed by atoms with Crippen molar-refractivity contribution in [3.63, 3.8) is 0 Å².